The standard InChI is InChI=1S/C18H22ClN3O/c1-3-6-17-16-9-5-10-21(16)11-12-22(17)18(23)20-15-8-4-7-14(19)13(15)2/h4-5,7-10,17H,3,6,11-12H2,1-2H3,(H,20,23)/t17-/m1/s1. The minimum Gasteiger partial charge on any atom is -0.348 e. The van der Waals surface area contributed by atoms with Gasteiger partial charge < -0.3 is 14.8 Å². The van der Waals surface area contributed by atoms with Gasteiger partial charge in [0.2, 0.25) is 0 Å². The van der Waals surface area contributed by atoms with Gasteiger partial charge in [-0.15, -0.1) is 0 Å². The van der Waals surface area contributed by atoms with Crippen LogP contribution in [-0.4, -0.2) is 22.0 Å². The van der Waals surface area contributed by atoms with Crippen molar-refractivity contribution in [3.63, 3.8) is 0 Å². The number of carbonyl (C=O) groups excluding carboxylic acids is 1. The normalized spacial score (nSPS) is 17.0. The Kier molecular flexibility index (Phi) is 4.62. The van der Waals surface area contributed by atoms with Crippen molar-refractivity contribution in [1.82, 2.24) is 9.47 Å². The summed E-state index contributed by atoms with van der Waals surface area (Å²) in [7, 11) is 0. The summed E-state index contributed by atoms with van der Waals surface area (Å²) in [5.74, 6) is 0. The molecule has 2 amide bonds. The van der Waals surface area contributed by atoms with Crippen LogP contribution in [0.15, 0.2) is 36.5 Å². The molecule has 4 nitrogen and oxygen atoms in total. The van der Waals surface area contributed by atoms with Crippen LogP contribution < -0.4 is 5.32 Å². The predicted octanol–water partition coefficient (Wildman–Crippen LogP) is 4.84. The van der Waals surface area contributed by atoms with E-state index >= 15 is 0 Å². The van der Waals surface area contributed by atoms with E-state index in [1.54, 1.807) is 0 Å². The maximum atomic E-state index is 12.8. The number of urea groups is 1. The Morgan fingerprint density at radius 3 is 2.91 bits per heavy atom. The van der Waals surface area contributed by atoms with E-state index < -0.39 is 0 Å². The van der Waals surface area contributed by atoms with E-state index in [1.807, 2.05) is 30.0 Å². The molecule has 0 unspecified atom stereocenters. The zero-order valence-corrected chi connectivity index (χ0v) is 14.3. The second-order valence-corrected chi connectivity index (χ2v) is 6.37. The lowest BCUT2D eigenvalue weighted by Crippen LogP contribution is -2.44. The van der Waals surface area contributed by atoms with E-state index in [0.717, 1.165) is 37.2 Å². The molecule has 1 N–H and O–H groups in total. The molecular formula is C18H22ClN3O. The number of nitrogens with zero attached hydrogens (tertiary/aromatic N) is 2. The van der Waals surface area contributed by atoms with Gasteiger partial charge in [0.25, 0.3) is 0 Å². The molecular weight excluding hydrogens is 310 g/mol. The molecule has 122 valence electrons. The van der Waals surface area contributed by atoms with Crippen molar-refractivity contribution >= 4 is 23.3 Å². The van der Waals surface area contributed by atoms with Gasteiger partial charge in [-0.25, -0.2) is 4.79 Å². The molecule has 3 rings (SSSR count). The van der Waals surface area contributed by atoms with Gasteiger partial charge in [0.15, 0.2) is 0 Å². The van der Waals surface area contributed by atoms with Crippen molar-refractivity contribution in [3.05, 3.63) is 52.8 Å². The van der Waals surface area contributed by atoms with Crippen LogP contribution in [0.5, 0.6) is 0 Å². The van der Waals surface area contributed by atoms with Crippen LogP contribution in [0.2, 0.25) is 5.02 Å². The molecule has 1 aliphatic heterocycles. The largest absolute Gasteiger partial charge is 0.348 e. The van der Waals surface area contributed by atoms with Gasteiger partial charge in [0.05, 0.1) is 6.04 Å². The number of anilines is 1. The van der Waals surface area contributed by atoms with Crippen molar-refractivity contribution in [1.29, 1.82) is 0 Å². The van der Waals surface area contributed by atoms with Crippen LogP contribution in [0.1, 0.15) is 37.1 Å². The van der Waals surface area contributed by atoms with E-state index in [9.17, 15) is 4.79 Å². The van der Waals surface area contributed by atoms with Crippen LogP contribution in [0.3, 0.4) is 0 Å². The van der Waals surface area contributed by atoms with Crippen LogP contribution in [0, 0.1) is 6.92 Å². The number of amides is 2. The molecule has 0 spiro atoms. The zero-order valence-electron chi connectivity index (χ0n) is 13.6. The molecule has 0 radical (unpaired) electrons. The fourth-order valence-corrected chi connectivity index (χ4v) is 3.39. The maximum Gasteiger partial charge on any atom is 0.322 e. The molecule has 0 aliphatic carbocycles. The topological polar surface area (TPSA) is 37.3 Å². The molecule has 5 heteroatoms. The summed E-state index contributed by atoms with van der Waals surface area (Å²) >= 11 is 6.15. The lowest BCUT2D eigenvalue weighted by Gasteiger charge is -2.37. The van der Waals surface area contributed by atoms with E-state index in [1.165, 1.54) is 5.69 Å². The van der Waals surface area contributed by atoms with E-state index in [4.69, 9.17) is 11.6 Å². The molecule has 2 heterocycles. The number of hydrogen-bond acceptors (Lipinski definition) is 1. The first-order valence-corrected chi connectivity index (χ1v) is 8.47. The Morgan fingerprint density at radius 2 is 2.13 bits per heavy atom. The van der Waals surface area contributed by atoms with Gasteiger partial charge in [0.1, 0.15) is 0 Å². The highest BCUT2D eigenvalue weighted by molar-refractivity contribution is 6.31. The molecule has 1 aliphatic rings. The second kappa shape index (κ2) is 6.67. The zero-order chi connectivity index (χ0) is 16.4. The highest BCUT2D eigenvalue weighted by Gasteiger charge is 2.30. The number of carbonyl (C=O) groups is 1. The number of nitrogens with one attached hydrogen (secondary N) is 1. The average Bonchev–Trinajstić information content (AvgIpc) is 3.01. The van der Waals surface area contributed by atoms with E-state index in [2.05, 4.69) is 35.1 Å². The van der Waals surface area contributed by atoms with Gasteiger partial charge in [-0.1, -0.05) is 31.0 Å². The lowest BCUT2D eigenvalue weighted by atomic mass is 10.0. The summed E-state index contributed by atoms with van der Waals surface area (Å²) in [6, 6.07) is 9.83. The summed E-state index contributed by atoms with van der Waals surface area (Å²) in [6.07, 6.45) is 4.09. The van der Waals surface area contributed by atoms with Crippen LogP contribution in [0.4, 0.5) is 10.5 Å². The number of benzene rings is 1. The van der Waals surface area contributed by atoms with Gasteiger partial charge in [-0.3, -0.25) is 0 Å². The minimum atomic E-state index is -0.0544. The van der Waals surface area contributed by atoms with Crippen LogP contribution in [-0.2, 0) is 6.54 Å². The Hall–Kier alpha value is -1.94. The first kappa shape index (κ1) is 15.9. The third-order valence-corrected chi connectivity index (χ3v) is 4.91. The maximum absolute atomic E-state index is 12.8. The molecule has 0 bridgehead atoms. The van der Waals surface area contributed by atoms with Crippen molar-refractivity contribution in [2.24, 2.45) is 0 Å². The minimum absolute atomic E-state index is 0.0544. The van der Waals surface area contributed by atoms with Gasteiger partial charge in [-0.2, -0.15) is 0 Å². The summed E-state index contributed by atoms with van der Waals surface area (Å²) in [6.45, 7) is 5.63. The number of rotatable bonds is 3. The summed E-state index contributed by atoms with van der Waals surface area (Å²) < 4.78 is 2.24. The Bertz CT molecular complexity index is 710. The fraction of sp³-hybridized carbons (Fsp3) is 0.389. The van der Waals surface area contributed by atoms with Crippen molar-refractivity contribution in [2.75, 3.05) is 11.9 Å². The van der Waals surface area contributed by atoms with Crippen LogP contribution in [0.25, 0.3) is 0 Å². The van der Waals surface area contributed by atoms with Gasteiger partial charge in [-0.05, 0) is 43.2 Å². The van der Waals surface area contributed by atoms with Crippen molar-refractivity contribution in [2.45, 2.75) is 39.3 Å². The monoisotopic (exact) mass is 331 g/mol. The summed E-state index contributed by atoms with van der Waals surface area (Å²) in [5.41, 5.74) is 2.89. The highest BCUT2D eigenvalue weighted by Crippen LogP contribution is 2.31. The number of aromatic nitrogens is 1. The van der Waals surface area contributed by atoms with E-state index in [-0.39, 0.29) is 12.1 Å². The summed E-state index contributed by atoms with van der Waals surface area (Å²) in [5, 5.41) is 3.69. The molecule has 1 aromatic carbocycles. The molecule has 1 atom stereocenters. The molecule has 0 saturated carbocycles. The van der Waals surface area contributed by atoms with Crippen molar-refractivity contribution in [3.8, 4) is 0 Å². The lowest BCUT2D eigenvalue weighted by molar-refractivity contribution is 0.163. The first-order valence-electron chi connectivity index (χ1n) is 8.09. The highest BCUT2D eigenvalue weighted by atomic mass is 35.5. The molecule has 1 aromatic heterocycles. The predicted molar refractivity (Wildman–Crippen MR) is 94.0 cm³/mol. The summed E-state index contributed by atoms with van der Waals surface area (Å²) in [4.78, 5) is 14.8. The van der Waals surface area contributed by atoms with Gasteiger partial charge in [0, 0.05) is 35.7 Å². The molecule has 2 aromatic rings. The third kappa shape index (κ3) is 3.08. The smallest absolute Gasteiger partial charge is 0.322 e. The molecule has 23 heavy (non-hydrogen) atoms. The van der Waals surface area contributed by atoms with E-state index in [0.29, 0.717) is 5.02 Å². The Morgan fingerprint density at radius 1 is 1.30 bits per heavy atom. The number of fused-ring (bicyclic) bond motifs is 1. The first-order chi connectivity index (χ1) is 11.1. The fourth-order valence-electron chi connectivity index (χ4n) is 3.21. The number of hydrogen-bond donors (Lipinski definition) is 1. The van der Waals surface area contributed by atoms with Crippen LogP contribution >= 0.6 is 11.6 Å². The molecule has 0 saturated heterocycles. The number of halogens is 1. The Balaban J connectivity index is 1.82. The quantitative estimate of drug-likeness (QED) is 0.858. The SMILES string of the molecule is CCC[C@@H]1c2cccn2CCN1C(=O)Nc1cccc(Cl)c1C. The second-order valence-electron chi connectivity index (χ2n) is 5.97. The van der Waals surface area contributed by atoms with Gasteiger partial charge >= 0.3 is 6.03 Å². The third-order valence-electron chi connectivity index (χ3n) is 4.50. The van der Waals surface area contributed by atoms with Crippen molar-refractivity contribution < 1.29 is 4.79 Å². The Labute approximate surface area is 142 Å². The average molecular weight is 332 g/mol. The molecule has 0 fully saturated rings.